The number of amides is 3. The molecule has 0 aromatic heterocycles. The Morgan fingerprint density at radius 2 is 1.74 bits per heavy atom. The van der Waals surface area contributed by atoms with Gasteiger partial charge in [0.15, 0.2) is 0 Å². The minimum atomic E-state index is -4.53. The number of alkyl halides is 3. The van der Waals surface area contributed by atoms with Crippen molar-refractivity contribution in [3.63, 3.8) is 0 Å². The number of carbonyl (C=O) groups is 3. The van der Waals surface area contributed by atoms with E-state index in [9.17, 15) is 32.7 Å². The quantitative estimate of drug-likeness (QED) is 0.734. The van der Waals surface area contributed by atoms with Crippen LogP contribution in [0.4, 0.5) is 22.8 Å². The molecule has 0 bridgehead atoms. The van der Waals surface area contributed by atoms with Crippen molar-refractivity contribution in [2.45, 2.75) is 31.1 Å². The van der Waals surface area contributed by atoms with E-state index in [2.05, 4.69) is 5.32 Å². The molecular formula is C21H19F3N2O5. The van der Waals surface area contributed by atoms with Crippen LogP contribution in [0.25, 0.3) is 0 Å². The SMILES string of the molecule is CC(c1ccc(C(F)(F)F)cc1)C(NC(=O)O)C(=O)N1C(=O)OC[C@H]1c1ccccc1. The first kappa shape index (κ1) is 22.1. The second-order valence-electron chi connectivity index (χ2n) is 7.05. The molecule has 1 fully saturated rings. The monoisotopic (exact) mass is 436 g/mol. The zero-order valence-corrected chi connectivity index (χ0v) is 16.3. The van der Waals surface area contributed by atoms with Gasteiger partial charge in [-0.15, -0.1) is 0 Å². The molecule has 1 aliphatic heterocycles. The fourth-order valence-corrected chi connectivity index (χ4v) is 3.44. The van der Waals surface area contributed by atoms with Crippen molar-refractivity contribution in [3.05, 3.63) is 71.3 Å². The van der Waals surface area contributed by atoms with Crippen molar-refractivity contribution in [1.82, 2.24) is 10.2 Å². The Morgan fingerprint density at radius 3 is 2.29 bits per heavy atom. The lowest BCUT2D eigenvalue weighted by Crippen LogP contribution is -2.51. The highest BCUT2D eigenvalue weighted by Gasteiger charge is 2.44. The summed E-state index contributed by atoms with van der Waals surface area (Å²) in [6.07, 6.45) is -6.96. The maximum absolute atomic E-state index is 13.2. The molecule has 0 saturated carbocycles. The van der Waals surface area contributed by atoms with E-state index in [1.54, 1.807) is 30.3 Å². The number of nitrogens with zero attached hydrogens (tertiary/aromatic N) is 1. The minimum absolute atomic E-state index is 0.0942. The van der Waals surface area contributed by atoms with E-state index in [1.165, 1.54) is 19.1 Å². The molecule has 2 unspecified atom stereocenters. The Balaban J connectivity index is 1.91. The second kappa shape index (κ2) is 8.66. The summed E-state index contributed by atoms with van der Waals surface area (Å²) in [5.41, 5.74) is 0.0478. The normalized spacial score (nSPS) is 18.3. The fourth-order valence-electron chi connectivity index (χ4n) is 3.44. The van der Waals surface area contributed by atoms with Crippen molar-refractivity contribution < 1.29 is 37.4 Å². The molecule has 3 rings (SSSR count). The Morgan fingerprint density at radius 1 is 1.13 bits per heavy atom. The predicted octanol–water partition coefficient (Wildman–Crippen LogP) is 4.17. The maximum Gasteiger partial charge on any atom is 0.417 e. The summed E-state index contributed by atoms with van der Waals surface area (Å²) in [5, 5.41) is 11.3. The van der Waals surface area contributed by atoms with Crippen LogP contribution < -0.4 is 5.32 Å². The van der Waals surface area contributed by atoms with Crippen molar-refractivity contribution in [2.75, 3.05) is 6.61 Å². The molecule has 164 valence electrons. The van der Waals surface area contributed by atoms with Gasteiger partial charge >= 0.3 is 18.4 Å². The molecule has 31 heavy (non-hydrogen) atoms. The molecule has 0 aliphatic carbocycles. The number of rotatable bonds is 5. The average Bonchev–Trinajstić information content (AvgIpc) is 3.12. The number of carboxylic acid groups (broad SMARTS) is 1. The van der Waals surface area contributed by atoms with Crippen molar-refractivity contribution in [3.8, 4) is 0 Å². The van der Waals surface area contributed by atoms with Gasteiger partial charge in [-0.25, -0.2) is 14.5 Å². The largest absolute Gasteiger partial charge is 0.465 e. The van der Waals surface area contributed by atoms with Crippen LogP contribution in [0.2, 0.25) is 0 Å². The Bertz CT molecular complexity index is 963. The fraction of sp³-hybridized carbons (Fsp3) is 0.286. The molecule has 0 spiro atoms. The van der Waals surface area contributed by atoms with Gasteiger partial charge < -0.3 is 15.2 Å². The summed E-state index contributed by atoms with van der Waals surface area (Å²) >= 11 is 0. The second-order valence-corrected chi connectivity index (χ2v) is 7.05. The number of nitrogens with one attached hydrogen (secondary N) is 1. The first-order valence-electron chi connectivity index (χ1n) is 9.31. The van der Waals surface area contributed by atoms with Crippen LogP contribution in [0.3, 0.4) is 0 Å². The highest BCUT2D eigenvalue weighted by atomic mass is 19.4. The van der Waals surface area contributed by atoms with Crippen LogP contribution in [0.1, 0.15) is 35.6 Å². The van der Waals surface area contributed by atoms with Crippen LogP contribution in [0.15, 0.2) is 54.6 Å². The first-order valence-corrected chi connectivity index (χ1v) is 9.31. The van der Waals surface area contributed by atoms with Crippen LogP contribution in [-0.2, 0) is 15.7 Å². The summed E-state index contributed by atoms with van der Waals surface area (Å²) in [6.45, 7) is 1.39. The summed E-state index contributed by atoms with van der Waals surface area (Å²) in [4.78, 5) is 37.7. The van der Waals surface area contributed by atoms with Crippen LogP contribution >= 0.6 is 0 Å². The third kappa shape index (κ3) is 4.79. The van der Waals surface area contributed by atoms with Gasteiger partial charge in [-0.05, 0) is 23.3 Å². The van der Waals surface area contributed by atoms with Crippen molar-refractivity contribution >= 4 is 18.1 Å². The van der Waals surface area contributed by atoms with Gasteiger partial charge in [0.25, 0.3) is 5.91 Å². The standard InChI is InChI=1S/C21H19F3N2O5/c1-12(13-7-9-15(10-8-13)21(22,23)24)17(25-19(28)29)18(27)26-16(11-31-20(26)30)14-5-3-2-4-6-14/h2-10,12,16-17,25H,11H2,1H3,(H,28,29)/t12?,16-,17?/m0/s1. The van der Waals surface area contributed by atoms with Gasteiger partial charge in [0.1, 0.15) is 18.7 Å². The smallest absolute Gasteiger partial charge is 0.417 e. The molecule has 2 N–H and O–H groups in total. The van der Waals surface area contributed by atoms with Crippen LogP contribution in [0.5, 0.6) is 0 Å². The van der Waals surface area contributed by atoms with E-state index in [-0.39, 0.29) is 6.61 Å². The molecule has 1 aliphatic rings. The summed E-state index contributed by atoms with van der Waals surface area (Å²) in [6, 6.07) is 10.5. The molecule has 10 heteroatoms. The highest BCUT2D eigenvalue weighted by molar-refractivity contribution is 5.98. The lowest BCUT2D eigenvalue weighted by molar-refractivity contribution is -0.137. The van der Waals surface area contributed by atoms with Gasteiger partial charge in [0.05, 0.1) is 5.56 Å². The van der Waals surface area contributed by atoms with Gasteiger partial charge in [-0.3, -0.25) is 4.79 Å². The number of benzene rings is 2. The molecule has 1 heterocycles. The van der Waals surface area contributed by atoms with E-state index >= 15 is 0 Å². The topological polar surface area (TPSA) is 95.9 Å². The lowest BCUT2D eigenvalue weighted by atomic mass is 9.91. The third-order valence-electron chi connectivity index (χ3n) is 5.10. The summed E-state index contributed by atoms with van der Waals surface area (Å²) < 4.78 is 43.5. The minimum Gasteiger partial charge on any atom is -0.465 e. The van der Waals surface area contributed by atoms with Crippen LogP contribution in [-0.4, -0.2) is 40.7 Å². The number of imide groups is 1. The number of cyclic esters (lactones) is 1. The van der Waals surface area contributed by atoms with Gasteiger partial charge in [-0.2, -0.15) is 13.2 Å². The van der Waals surface area contributed by atoms with Crippen molar-refractivity contribution in [1.29, 1.82) is 0 Å². The molecule has 0 radical (unpaired) electrons. The Labute approximate surface area is 175 Å². The molecular weight excluding hydrogens is 417 g/mol. The number of halogens is 3. The number of hydrogen-bond acceptors (Lipinski definition) is 4. The summed E-state index contributed by atoms with van der Waals surface area (Å²) in [7, 11) is 0. The number of carbonyl (C=O) groups excluding carboxylic acids is 2. The summed E-state index contributed by atoms with van der Waals surface area (Å²) in [5.74, 6) is -1.72. The van der Waals surface area contributed by atoms with E-state index in [4.69, 9.17) is 4.74 Å². The van der Waals surface area contributed by atoms with Gasteiger partial charge in [-0.1, -0.05) is 49.4 Å². The van der Waals surface area contributed by atoms with Crippen LogP contribution in [0, 0.1) is 0 Å². The predicted molar refractivity (Wildman–Crippen MR) is 102 cm³/mol. The molecule has 3 atom stereocenters. The lowest BCUT2D eigenvalue weighted by Gasteiger charge is -2.29. The number of ether oxygens (including phenoxy) is 1. The number of hydrogen-bond donors (Lipinski definition) is 2. The van der Waals surface area contributed by atoms with E-state index in [0.717, 1.165) is 17.0 Å². The zero-order chi connectivity index (χ0) is 22.8. The van der Waals surface area contributed by atoms with Gasteiger partial charge in [0.2, 0.25) is 0 Å². The average molecular weight is 436 g/mol. The van der Waals surface area contributed by atoms with Gasteiger partial charge in [0, 0.05) is 5.92 Å². The molecule has 3 amide bonds. The Kier molecular flexibility index (Phi) is 6.19. The molecule has 7 nitrogen and oxygen atoms in total. The van der Waals surface area contributed by atoms with E-state index < -0.39 is 47.8 Å². The van der Waals surface area contributed by atoms with E-state index in [1.807, 2.05) is 0 Å². The molecule has 2 aromatic rings. The van der Waals surface area contributed by atoms with E-state index in [0.29, 0.717) is 11.1 Å². The Hall–Kier alpha value is -3.56. The zero-order valence-electron chi connectivity index (χ0n) is 16.3. The maximum atomic E-state index is 13.2. The van der Waals surface area contributed by atoms with Crippen molar-refractivity contribution in [2.24, 2.45) is 0 Å². The third-order valence-corrected chi connectivity index (χ3v) is 5.10. The first-order chi connectivity index (χ1) is 14.6. The molecule has 2 aromatic carbocycles. The molecule has 1 saturated heterocycles. The highest BCUT2D eigenvalue weighted by Crippen LogP contribution is 2.33.